The first kappa shape index (κ1) is 15.0. The van der Waals surface area contributed by atoms with Gasteiger partial charge in [0.25, 0.3) is 0 Å². The summed E-state index contributed by atoms with van der Waals surface area (Å²) in [5, 5.41) is 0. The third-order valence-corrected chi connectivity index (χ3v) is 4.19. The maximum Gasteiger partial charge on any atom is 0.222 e. The van der Waals surface area contributed by atoms with Crippen molar-refractivity contribution in [3.05, 3.63) is 35.4 Å². The number of carbonyl (C=O) groups is 1. The van der Waals surface area contributed by atoms with Gasteiger partial charge in [-0.15, -0.1) is 0 Å². The minimum atomic E-state index is 0.298. The average Bonchev–Trinajstić information content (AvgIpc) is 2.47. The lowest BCUT2D eigenvalue weighted by Crippen LogP contribution is -2.40. The fourth-order valence-electron chi connectivity index (χ4n) is 2.93. The molecule has 1 aliphatic rings. The minimum absolute atomic E-state index is 0.298. The highest BCUT2D eigenvalue weighted by molar-refractivity contribution is 5.76. The van der Waals surface area contributed by atoms with Crippen LogP contribution < -0.4 is 5.73 Å². The molecule has 1 atom stereocenters. The zero-order valence-corrected chi connectivity index (χ0v) is 12.5. The average molecular weight is 274 g/mol. The van der Waals surface area contributed by atoms with Crippen molar-refractivity contribution in [1.82, 2.24) is 4.90 Å². The fourth-order valence-corrected chi connectivity index (χ4v) is 2.93. The van der Waals surface area contributed by atoms with E-state index in [0.29, 0.717) is 18.2 Å². The van der Waals surface area contributed by atoms with Crippen molar-refractivity contribution >= 4 is 5.91 Å². The predicted octanol–water partition coefficient (Wildman–Crippen LogP) is 2.52. The highest BCUT2D eigenvalue weighted by Gasteiger charge is 2.22. The molecule has 2 N–H and O–H groups in total. The van der Waals surface area contributed by atoms with Gasteiger partial charge in [-0.1, -0.05) is 29.8 Å². The summed E-state index contributed by atoms with van der Waals surface area (Å²) in [7, 11) is 0. The molecule has 0 bridgehead atoms. The zero-order valence-electron chi connectivity index (χ0n) is 12.5. The van der Waals surface area contributed by atoms with Gasteiger partial charge in [0, 0.05) is 19.5 Å². The molecule has 0 radical (unpaired) electrons. The normalized spacial score (nSPS) is 19.1. The molecule has 0 aromatic heterocycles. The Morgan fingerprint density at radius 1 is 1.35 bits per heavy atom. The molecule has 1 fully saturated rings. The van der Waals surface area contributed by atoms with Crippen LogP contribution in [0.2, 0.25) is 0 Å². The quantitative estimate of drug-likeness (QED) is 0.897. The largest absolute Gasteiger partial charge is 0.342 e. The number of benzene rings is 1. The van der Waals surface area contributed by atoms with E-state index in [-0.39, 0.29) is 0 Å². The zero-order chi connectivity index (χ0) is 14.4. The Hall–Kier alpha value is -1.35. The van der Waals surface area contributed by atoms with Crippen molar-refractivity contribution in [2.75, 3.05) is 19.6 Å². The molecule has 3 heteroatoms. The molecule has 1 aliphatic heterocycles. The lowest BCUT2D eigenvalue weighted by atomic mass is 9.94. The second-order valence-electron chi connectivity index (χ2n) is 5.91. The predicted molar refractivity (Wildman–Crippen MR) is 82.5 cm³/mol. The second-order valence-corrected chi connectivity index (χ2v) is 5.91. The van der Waals surface area contributed by atoms with Gasteiger partial charge in [-0.2, -0.15) is 0 Å². The summed E-state index contributed by atoms with van der Waals surface area (Å²) in [6.07, 6.45) is 4.86. The number of likely N-dealkylation sites (tertiary alicyclic amines) is 1. The maximum absolute atomic E-state index is 12.3. The van der Waals surface area contributed by atoms with Crippen molar-refractivity contribution in [3.63, 3.8) is 0 Å². The van der Waals surface area contributed by atoms with E-state index in [4.69, 9.17) is 5.73 Å². The number of amides is 1. The van der Waals surface area contributed by atoms with Crippen LogP contribution in [0.3, 0.4) is 0 Å². The topological polar surface area (TPSA) is 46.3 Å². The Bertz CT molecular complexity index is 425. The summed E-state index contributed by atoms with van der Waals surface area (Å²) < 4.78 is 0. The van der Waals surface area contributed by atoms with Gasteiger partial charge in [-0.3, -0.25) is 4.79 Å². The van der Waals surface area contributed by atoms with Crippen molar-refractivity contribution in [2.45, 2.75) is 39.0 Å². The lowest BCUT2D eigenvalue weighted by molar-refractivity contribution is -0.133. The smallest absolute Gasteiger partial charge is 0.222 e. The molecule has 0 spiro atoms. The van der Waals surface area contributed by atoms with Crippen LogP contribution in [0.4, 0.5) is 0 Å². The first-order valence-corrected chi connectivity index (χ1v) is 7.72. The Morgan fingerprint density at radius 2 is 2.10 bits per heavy atom. The van der Waals surface area contributed by atoms with Crippen LogP contribution in [-0.4, -0.2) is 30.4 Å². The molecule has 2 rings (SSSR count). The van der Waals surface area contributed by atoms with Crippen molar-refractivity contribution in [1.29, 1.82) is 0 Å². The molecule has 1 aromatic carbocycles. The number of piperidine rings is 1. The summed E-state index contributed by atoms with van der Waals surface area (Å²) in [6, 6.07) is 8.46. The van der Waals surface area contributed by atoms with Crippen LogP contribution in [0, 0.1) is 12.8 Å². The molecule has 1 heterocycles. The van der Waals surface area contributed by atoms with Gasteiger partial charge in [-0.05, 0) is 50.6 Å². The highest BCUT2D eigenvalue weighted by atomic mass is 16.2. The molecule has 20 heavy (non-hydrogen) atoms. The molecule has 1 aromatic rings. The van der Waals surface area contributed by atoms with Gasteiger partial charge in [0.15, 0.2) is 0 Å². The molecule has 1 unspecified atom stereocenters. The van der Waals surface area contributed by atoms with E-state index >= 15 is 0 Å². The van der Waals surface area contributed by atoms with E-state index in [1.54, 1.807) is 0 Å². The third-order valence-electron chi connectivity index (χ3n) is 4.19. The lowest BCUT2D eigenvalue weighted by Gasteiger charge is -2.32. The van der Waals surface area contributed by atoms with E-state index in [9.17, 15) is 4.79 Å². The number of nitrogens with two attached hydrogens (primary N) is 1. The van der Waals surface area contributed by atoms with E-state index in [2.05, 4.69) is 31.2 Å². The number of aryl methyl sites for hydroxylation is 2. The van der Waals surface area contributed by atoms with E-state index in [1.807, 2.05) is 4.90 Å². The molecule has 0 saturated carbocycles. The summed E-state index contributed by atoms with van der Waals surface area (Å²) in [6.45, 7) is 4.65. The monoisotopic (exact) mass is 274 g/mol. The van der Waals surface area contributed by atoms with Gasteiger partial charge >= 0.3 is 0 Å². The fraction of sp³-hybridized carbons (Fsp3) is 0.588. The number of carbonyl (C=O) groups excluding carboxylic acids is 1. The Kier molecular flexibility index (Phi) is 5.60. The van der Waals surface area contributed by atoms with Gasteiger partial charge in [0.1, 0.15) is 0 Å². The van der Waals surface area contributed by atoms with Crippen LogP contribution in [0.15, 0.2) is 24.3 Å². The molecule has 1 amide bonds. The number of nitrogens with zero attached hydrogens (tertiary/aromatic N) is 1. The minimum Gasteiger partial charge on any atom is -0.342 e. The first-order valence-electron chi connectivity index (χ1n) is 7.72. The van der Waals surface area contributed by atoms with Gasteiger partial charge < -0.3 is 10.6 Å². The molecule has 110 valence electrons. The number of hydrogen-bond donors (Lipinski definition) is 1. The number of hydrogen-bond acceptors (Lipinski definition) is 2. The summed E-state index contributed by atoms with van der Waals surface area (Å²) >= 11 is 0. The van der Waals surface area contributed by atoms with E-state index in [1.165, 1.54) is 17.5 Å². The van der Waals surface area contributed by atoms with Gasteiger partial charge in [0.2, 0.25) is 5.91 Å². The second kappa shape index (κ2) is 7.44. The summed E-state index contributed by atoms with van der Waals surface area (Å²) in [4.78, 5) is 14.3. The first-order chi connectivity index (χ1) is 9.69. The number of rotatable bonds is 5. The summed E-state index contributed by atoms with van der Waals surface area (Å²) in [5.41, 5.74) is 8.14. The molecule has 1 saturated heterocycles. The van der Waals surface area contributed by atoms with Crippen molar-refractivity contribution in [2.24, 2.45) is 11.7 Å². The Labute approximate surface area is 122 Å². The Balaban J connectivity index is 1.80. The standard InChI is InChI=1S/C17H26N2O/c1-14-4-6-15(7-5-14)8-9-17(20)19-12-2-3-16(13-19)10-11-18/h4-7,16H,2-3,8-13,18H2,1H3. The molecule has 3 nitrogen and oxygen atoms in total. The SMILES string of the molecule is Cc1ccc(CCC(=O)N2CCCC(CCN)C2)cc1. The van der Waals surface area contributed by atoms with E-state index < -0.39 is 0 Å². The van der Waals surface area contributed by atoms with Crippen LogP contribution >= 0.6 is 0 Å². The Morgan fingerprint density at radius 3 is 2.80 bits per heavy atom. The van der Waals surface area contributed by atoms with Crippen LogP contribution in [0.5, 0.6) is 0 Å². The summed E-state index contributed by atoms with van der Waals surface area (Å²) in [5.74, 6) is 0.907. The van der Waals surface area contributed by atoms with Crippen molar-refractivity contribution in [3.8, 4) is 0 Å². The van der Waals surface area contributed by atoms with Gasteiger partial charge in [-0.25, -0.2) is 0 Å². The molecular weight excluding hydrogens is 248 g/mol. The molecule has 0 aliphatic carbocycles. The third kappa shape index (κ3) is 4.34. The van der Waals surface area contributed by atoms with Crippen molar-refractivity contribution < 1.29 is 4.79 Å². The van der Waals surface area contributed by atoms with Crippen LogP contribution in [0.1, 0.15) is 36.8 Å². The maximum atomic E-state index is 12.3. The van der Waals surface area contributed by atoms with Crippen LogP contribution in [-0.2, 0) is 11.2 Å². The van der Waals surface area contributed by atoms with Gasteiger partial charge in [0.05, 0.1) is 0 Å². The highest BCUT2D eigenvalue weighted by Crippen LogP contribution is 2.20. The van der Waals surface area contributed by atoms with E-state index in [0.717, 1.165) is 38.9 Å². The van der Waals surface area contributed by atoms with Crippen LogP contribution in [0.25, 0.3) is 0 Å². The molecular formula is C17H26N2O.